The van der Waals surface area contributed by atoms with Crippen LogP contribution < -0.4 is 10.5 Å². The molecule has 7 heteroatoms. The van der Waals surface area contributed by atoms with Crippen LogP contribution in [0.3, 0.4) is 0 Å². The monoisotopic (exact) mass is 322 g/mol. The van der Waals surface area contributed by atoms with E-state index in [-0.39, 0.29) is 11.5 Å². The van der Waals surface area contributed by atoms with Crippen molar-refractivity contribution in [1.82, 2.24) is 4.72 Å². The molecule has 0 heterocycles. The van der Waals surface area contributed by atoms with E-state index in [1.807, 2.05) is 0 Å². The molecule has 0 aliphatic rings. The highest BCUT2D eigenvalue weighted by atomic mass is 79.9. The Morgan fingerprint density at radius 3 is 2.65 bits per heavy atom. The maximum atomic E-state index is 11.9. The van der Waals surface area contributed by atoms with Crippen molar-refractivity contribution in [3.05, 3.63) is 22.7 Å². The number of anilines is 1. The van der Waals surface area contributed by atoms with Gasteiger partial charge in [0.1, 0.15) is 0 Å². The van der Waals surface area contributed by atoms with Crippen molar-refractivity contribution in [2.24, 2.45) is 0 Å². The standard InChI is InChI=1S/C10H15BrN2O3S/c1-2-7(6-14)13-17(15,16)8-3-4-9(11)10(12)5-8/h3-5,7,13-14H,2,6,12H2,1H3/t7-/m1/s1. The molecule has 1 aromatic carbocycles. The van der Waals surface area contributed by atoms with Crippen molar-refractivity contribution in [2.75, 3.05) is 12.3 Å². The molecule has 0 aromatic heterocycles. The number of sulfonamides is 1. The molecule has 4 N–H and O–H groups in total. The summed E-state index contributed by atoms with van der Waals surface area (Å²) in [6.07, 6.45) is 0.516. The molecule has 0 saturated heterocycles. The van der Waals surface area contributed by atoms with Crippen LogP contribution in [0.1, 0.15) is 13.3 Å². The zero-order valence-corrected chi connectivity index (χ0v) is 11.8. The third-order valence-corrected chi connectivity index (χ3v) is 4.55. The molecule has 0 bridgehead atoms. The Morgan fingerprint density at radius 1 is 1.53 bits per heavy atom. The lowest BCUT2D eigenvalue weighted by Gasteiger charge is -2.14. The first-order valence-electron chi connectivity index (χ1n) is 5.09. The molecule has 1 rings (SSSR count). The van der Waals surface area contributed by atoms with E-state index in [2.05, 4.69) is 20.7 Å². The SMILES string of the molecule is CC[C@H](CO)NS(=O)(=O)c1ccc(Br)c(N)c1. The molecule has 1 aromatic rings. The second-order valence-electron chi connectivity index (χ2n) is 3.59. The van der Waals surface area contributed by atoms with E-state index < -0.39 is 16.1 Å². The number of nitrogens with two attached hydrogens (primary N) is 1. The molecular weight excluding hydrogens is 308 g/mol. The summed E-state index contributed by atoms with van der Waals surface area (Å²) in [6, 6.07) is 3.91. The molecule has 0 spiro atoms. The highest BCUT2D eigenvalue weighted by Crippen LogP contribution is 2.22. The number of nitrogen functional groups attached to an aromatic ring is 1. The van der Waals surface area contributed by atoms with Crippen LogP contribution in [0, 0.1) is 0 Å². The number of halogens is 1. The number of nitrogens with one attached hydrogen (secondary N) is 1. The predicted octanol–water partition coefficient (Wildman–Crippen LogP) is 1.08. The summed E-state index contributed by atoms with van der Waals surface area (Å²) in [5.74, 6) is 0. The Hall–Kier alpha value is -0.630. The van der Waals surface area contributed by atoms with Crippen LogP contribution in [0.2, 0.25) is 0 Å². The fourth-order valence-corrected chi connectivity index (χ4v) is 2.82. The largest absolute Gasteiger partial charge is 0.398 e. The molecule has 0 amide bonds. The average molecular weight is 323 g/mol. The van der Waals surface area contributed by atoms with Crippen LogP contribution in [-0.4, -0.2) is 26.2 Å². The van der Waals surface area contributed by atoms with Gasteiger partial charge in [-0.15, -0.1) is 0 Å². The molecule has 5 nitrogen and oxygen atoms in total. The van der Waals surface area contributed by atoms with Gasteiger partial charge in [-0.1, -0.05) is 6.92 Å². The summed E-state index contributed by atoms with van der Waals surface area (Å²) in [5.41, 5.74) is 5.98. The molecule has 0 aliphatic heterocycles. The number of hydrogen-bond donors (Lipinski definition) is 3. The minimum atomic E-state index is -3.63. The molecule has 0 unspecified atom stereocenters. The Kier molecular flexibility index (Phi) is 4.93. The van der Waals surface area contributed by atoms with Gasteiger partial charge in [0.05, 0.1) is 11.5 Å². The van der Waals surface area contributed by atoms with Gasteiger partial charge in [-0.3, -0.25) is 0 Å². The molecule has 0 radical (unpaired) electrons. The van der Waals surface area contributed by atoms with Crippen LogP contribution in [-0.2, 0) is 10.0 Å². The van der Waals surface area contributed by atoms with Gasteiger partial charge in [0.25, 0.3) is 0 Å². The summed E-state index contributed by atoms with van der Waals surface area (Å²) in [5, 5.41) is 8.98. The van der Waals surface area contributed by atoms with Gasteiger partial charge in [-0.25, -0.2) is 13.1 Å². The van der Waals surface area contributed by atoms with E-state index in [0.29, 0.717) is 16.6 Å². The van der Waals surface area contributed by atoms with Crippen LogP contribution >= 0.6 is 15.9 Å². The Balaban J connectivity index is 3.01. The molecular formula is C10H15BrN2O3S. The highest BCUT2D eigenvalue weighted by molar-refractivity contribution is 9.10. The van der Waals surface area contributed by atoms with Crippen molar-refractivity contribution >= 4 is 31.6 Å². The van der Waals surface area contributed by atoms with Crippen molar-refractivity contribution < 1.29 is 13.5 Å². The maximum Gasteiger partial charge on any atom is 0.240 e. The summed E-state index contributed by atoms with van der Waals surface area (Å²) in [6.45, 7) is 1.56. The zero-order valence-electron chi connectivity index (χ0n) is 9.35. The minimum Gasteiger partial charge on any atom is -0.398 e. The fraction of sp³-hybridized carbons (Fsp3) is 0.400. The Labute approximate surface area is 109 Å². The quantitative estimate of drug-likeness (QED) is 0.707. The third-order valence-electron chi connectivity index (χ3n) is 2.31. The normalized spacial score (nSPS) is 13.6. The Morgan fingerprint density at radius 2 is 2.18 bits per heavy atom. The van der Waals surface area contributed by atoms with Crippen LogP contribution in [0.25, 0.3) is 0 Å². The summed E-state index contributed by atoms with van der Waals surface area (Å²) in [7, 11) is -3.63. The van der Waals surface area contributed by atoms with Crippen LogP contribution in [0.15, 0.2) is 27.6 Å². The van der Waals surface area contributed by atoms with Gasteiger partial charge in [0.15, 0.2) is 0 Å². The number of hydrogen-bond acceptors (Lipinski definition) is 4. The van der Waals surface area contributed by atoms with E-state index in [4.69, 9.17) is 10.8 Å². The second kappa shape index (κ2) is 5.81. The summed E-state index contributed by atoms with van der Waals surface area (Å²) < 4.78 is 26.9. The molecule has 0 fully saturated rings. The van der Waals surface area contributed by atoms with E-state index in [9.17, 15) is 8.42 Å². The highest BCUT2D eigenvalue weighted by Gasteiger charge is 2.19. The Bertz CT molecular complexity index is 486. The number of rotatable bonds is 5. The molecule has 1 atom stereocenters. The average Bonchev–Trinajstić information content (AvgIpc) is 2.29. The number of aliphatic hydroxyl groups is 1. The first-order valence-corrected chi connectivity index (χ1v) is 7.36. The summed E-state index contributed by atoms with van der Waals surface area (Å²) >= 11 is 3.19. The lowest BCUT2D eigenvalue weighted by Crippen LogP contribution is -2.36. The van der Waals surface area contributed by atoms with Gasteiger partial charge in [0.2, 0.25) is 10.0 Å². The number of aliphatic hydroxyl groups excluding tert-OH is 1. The molecule has 96 valence electrons. The van der Waals surface area contributed by atoms with Gasteiger partial charge in [-0.2, -0.15) is 0 Å². The van der Waals surface area contributed by atoms with Gasteiger partial charge in [-0.05, 0) is 40.5 Å². The summed E-state index contributed by atoms with van der Waals surface area (Å²) in [4.78, 5) is 0.0881. The van der Waals surface area contributed by atoms with Crippen molar-refractivity contribution in [3.8, 4) is 0 Å². The van der Waals surface area contributed by atoms with Crippen LogP contribution in [0.4, 0.5) is 5.69 Å². The van der Waals surface area contributed by atoms with Gasteiger partial charge in [0, 0.05) is 16.2 Å². The van der Waals surface area contributed by atoms with E-state index in [0.717, 1.165) is 0 Å². The third kappa shape index (κ3) is 3.67. The minimum absolute atomic E-state index is 0.0881. The molecule has 0 aliphatic carbocycles. The first-order chi connectivity index (χ1) is 7.90. The van der Waals surface area contributed by atoms with Crippen molar-refractivity contribution in [3.63, 3.8) is 0 Å². The van der Waals surface area contributed by atoms with E-state index in [1.165, 1.54) is 12.1 Å². The molecule has 17 heavy (non-hydrogen) atoms. The topological polar surface area (TPSA) is 92.4 Å². The molecule has 0 saturated carbocycles. The van der Waals surface area contributed by atoms with Crippen molar-refractivity contribution in [2.45, 2.75) is 24.3 Å². The predicted molar refractivity (Wildman–Crippen MR) is 70.0 cm³/mol. The maximum absolute atomic E-state index is 11.9. The van der Waals surface area contributed by atoms with E-state index in [1.54, 1.807) is 13.0 Å². The fourth-order valence-electron chi connectivity index (χ4n) is 1.23. The van der Waals surface area contributed by atoms with Crippen LogP contribution in [0.5, 0.6) is 0 Å². The van der Waals surface area contributed by atoms with E-state index >= 15 is 0 Å². The zero-order chi connectivity index (χ0) is 13.1. The van der Waals surface area contributed by atoms with Gasteiger partial charge < -0.3 is 10.8 Å². The lowest BCUT2D eigenvalue weighted by atomic mass is 10.3. The van der Waals surface area contributed by atoms with Crippen molar-refractivity contribution in [1.29, 1.82) is 0 Å². The first kappa shape index (κ1) is 14.4. The lowest BCUT2D eigenvalue weighted by molar-refractivity contribution is 0.254. The van der Waals surface area contributed by atoms with Gasteiger partial charge >= 0.3 is 0 Å². The number of benzene rings is 1. The second-order valence-corrected chi connectivity index (χ2v) is 6.16. The smallest absolute Gasteiger partial charge is 0.240 e.